The SMILES string of the molecule is CN=C(NCCOc1cccc(Br)c1)NC1CC=CC1. The van der Waals surface area contributed by atoms with E-state index in [0.29, 0.717) is 19.2 Å². The van der Waals surface area contributed by atoms with E-state index in [1.807, 2.05) is 24.3 Å². The monoisotopic (exact) mass is 337 g/mol. The lowest BCUT2D eigenvalue weighted by Gasteiger charge is -2.17. The molecule has 0 saturated heterocycles. The second-order valence-corrected chi connectivity index (χ2v) is 5.50. The predicted octanol–water partition coefficient (Wildman–Crippen LogP) is 2.71. The summed E-state index contributed by atoms with van der Waals surface area (Å²) in [5.41, 5.74) is 0. The minimum absolute atomic E-state index is 0.465. The van der Waals surface area contributed by atoms with E-state index >= 15 is 0 Å². The fourth-order valence-corrected chi connectivity index (χ4v) is 2.40. The molecule has 108 valence electrons. The first-order valence-electron chi connectivity index (χ1n) is 6.78. The average molecular weight is 338 g/mol. The number of aliphatic imine (C=N–C) groups is 1. The Hall–Kier alpha value is -1.49. The lowest BCUT2D eigenvalue weighted by molar-refractivity contribution is 0.321. The molecule has 0 aliphatic heterocycles. The van der Waals surface area contributed by atoms with Crippen molar-refractivity contribution in [2.45, 2.75) is 18.9 Å². The van der Waals surface area contributed by atoms with Crippen molar-refractivity contribution in [3.05, 3.63) is 40.9 Å². The van der Waals surface area contributed by atoms with Crippen LogP contribution in [0.1, 0.15) is 12.8 Å². The molecule has 0 fully saturated rings. The summed E-state index contributed by atoms with van der Waals surface area (Å²) in [6, 6.07) is 8.30. The van der Waals surface area contributed by atoms with Crippen molar-refractivity contribution in [1.82, 2.24) is 10.6 Å². The molecule has 1 aliphatic carbocycles. The maximum absolute atomic E-state index is 5.66. The Kier molecular flexibility index (Phi) is 5.92. The summed E-state index contributed by atoms with van der Waals surface area (Å²) in [4.78, 5) is 4.21. The first kappa shape index (κ1) is 14.9. The molecule has 0 amide bonds. The van der Waals surface area contributed by atoms with Crippen LogP contribution in [0.2, 0.25) is 0 Å². The Morgan fingerprint density at radius 3 is 2.90 bits per heavy atom. The van der Waals surface area contributed by atoms with Gasteiger partial charge in [-0.15, -0.1) is 0 Å². The second-order valence-electron chi connectivity index (χ2n) is 4.59. The summed E-state index contributed by atoms with van der Waals surface area (Å²) in [6.07, 6.45) is 6.52. The second kappa shape index (κ2) is 7.94. The number of benzene rings is 1. The molecule has 1 aromatic rings. The molecule has 0 bridgehead atoms. The lowest BCUT2D eigenvalue weighted by Crippen LogP contribution is -2.43. The number of nitrogens with zero attached hydrogens (tertiary/aromatic N) is 1. The molecule has 1 aliphatic rings. The summed E-state index contributed by atoms with van der Waals surface area (Å²) in [5.74, 6) is 1.70. The zero-order chi connectivity index (χ0) is 14.2. The Bertz CT molecular complexity index is 480. The van der Waals surface area contributed by atoms with E-state index in [1.165, 1.54) is 0 Å². The zero-order valence-electron chi connectivity index (χ0n) is 11.6. The molecular weight excluding hydrogens is 318 g/mol. The summed E-state index contributed by atoms with van der Waals surface area (Å²) in [6.45, 7) is 1.31. The van der Waals surface area contributed by atoms with Crippen molar-refractivity contribution in [3.8, 4) is 5.75 Å². The van der Waals surface area contributed by atoms with Gasteiger partial charge in [0.1, 0.15) is 12.4 Å². The number of ether oxygens (including phenoxy) is 1. The molecule has 20 heavy (non-hydrogen) atoms. The number of hydrogen-bond acceptors (Lipinski definition) is 2. The molecule has 2 N–H and O–H groups in total. The van der Waals surface area contributed by atoms with Crippen molar-refractivity contribution < 1.29 is 4.74 Å². The van der Waals surface area contributed by atoms with E-state index in [0.717, 1.165) is 29.0 Å². The molecule has 0 unspecified atom stereocenters. The average Bonchev–Trinajstić information content (AvgIpc) is 2.95. The molecule has 0 heterocycles. The fourth-order valence-electron chi connectivity index (χ4n) is 2.02. The first-order valence-corrected chi connectivity index (χ1v) is 7.58. The topological polar surface area (TPSA) is 45.7 Å². The number of halogens is 1. The van der Waals surface area contributed by atoms with Crippen LogP contribution in [-0.2, 0) is 0 Å². The van der Waals surface area contributed by atoms with E-state index < -0.39 is 0 Å². The smallest absolute Gasteiger partial charge is 0.191 e. The maximum Gasteiger partial charge on any atom is 0.191 e. The van der Waals surface area contributed by atoms with Crippen LogP contribution in [0, 0.1) is 0 Å². The maximum atomic E-state index is 5.66. The van der Waals surface area contributed by atoms with Crippen LogP contribution < -0.4 is 15.4 Å². The minimum atomic E-state index is 0.465. The Morgan fingerprint density at radius 2 is 2.20 bits per heavy atom. The van der Waals surface area contributed by atoms with Crippen LogP contribution >= 0.6 is 15.9 Å². The van der Waals surface area contributed by atoms with Gasteiger partial charge >= 0.3 is 0 Å². The van der Waals surface area contributed by atoms with E-state index in [9.17, 15) is 0 Å². The highest BCUT2D eigenvalue weighted by molar-refractivity contribution is 9.10. The third-order valence-electron chi connectivity index (χ3n) is 3.03. The van der Waals surface area contributed by atoms with Crippen LogP contribution in [-0.4, -0.2) is 32.2 Å². The zero-order valence-corrected chi connectivity index (χ0v) is 13.2. The number of guanidine groups is 1. The van der Waals surface area contributed by atoms with Gasteiger partial charge in [0.05, 0.1) is 6.54 Å². The summed E-state index contributed by atoms with van der Waals surface area (Å²) in [7, 11) is 1.78. The largest absolute Gasteiger partial charge is 0.492 e. The number of hydrogen-bond donors (Lipinski definition) is 2. The van der Waals surface area contributed by atoms with Gasteiger partial charge in [0.25, 0.3) is 0 Å². The Labute approximate surface area is 128 Å². The van der Waals surface area contributed by atoms with Gasteiger partial charge in [-0.2, -0.15) is 0 Å². The molecule has 1 aromatic carbocycles. The van der Waals surface area contributed by atoms with E-state index in [2.05, 4.69) is 43.7 Å². The van der Waals surface area contributed by atoms with Crippen molar-refractivity contribution in [2.24, 2.45) is 4.99 Å². The van der Waals surface area contributed by atoms with Crippen LogP contribution in [0.25, 0.3) is 0 Å². The van der Waals surface area contributed by atoms with Crippen LogP contribution in [0.4, 0.5) is 0 Å². The molecule has 0 atom stereocenters. The third-order valence-corrected chi connectivity index (χ3v) is 3.52. The van der Waals surface area contributed by atoms with Gasteiger partial charge in [0.15, 0.2) is 5.96 Å². The van der Waals surface area contributed by atoms with Crippen LogP contribution in [0.3, 0.4) is 0 Å². The molecule has 2 rings (SSSR count). The van der Waals surface area contributed by atoms with Crippen LogP contribution in [0.15, 0.2) is 45.9 Å². The van der Waals surface area contributed by atoms with E-state index in [1.54, 1.807) is 7.05 Å². The van der Waals surface area contributed by atoms with Gasteiger partial charge in [-0.25, -0.2) is 0 Å². The lowest BCUT2D eigenvalue weighted by atomic mass is 10.2. The van der Waals surface area contributed by atoms with Gasteiger partial charge in [0, 0.05) is 17.6 Å². The highest BCUT2D eigenvalue weighted by Crippen LogP contribution is 2.17. The van der Waals surface area contributed by atoms with Gasteiger partial charge in [-0.05, 0) is 31.0 Å². The van der Waals surface area contributed by atoms with Crippen LogP contribution in [0.5, 0.6) is 5.75 Å². The summed E-state index contributed by atoms with van der Waals surface area (Å²) < 4.78 is 6.69. The van der Waals surface area contributed by atoms with E-state index in [4.69, 9.17) is 4.74 Å². The third kappa shape index (κ3) is 4.89. The molecule has 0 aromatic heterocycles. The first-order chi connectivity index (χ1) is 9.78. The Morgan fingerprint density at radius 1 is 1.40 bits per heavy atom. The Balaban J connectivity index is 1.66. The van der Waals surface area contributed by atoms with E-state index in [-0.39, 0.29) is 0 Å². The van der Waals surface area contributed by atoms with Gasteiger partial charge in [0.2, 0.25) is 0 Å². The number of nitrogens with one attached hydrogen (secondary N) is 2. The fraction of sp³-hybridized carbons (Fsp3) is 0.400. The number of rotatable bonds is 5. The van der Waals surface area contributed by atoms with Crippen molar-refractivity contribution in [1.29, 1.82) is 0 Å². The van der Waals surface area contributed by atoms with Crippen molar-refractivity contribution in [2.75, 3.05) is 20.2 Å². The molecule has 0 radical (unpaired) electrons. The molecular formula is C15H20BrN3O. The molecule has 5 heteroatoms. The summed E-state index contributed by atoms with van der Waals surface area (Å²) in [5, 5.41) is 6.64. The standard InChI is InChI=1S/C15H20BrN3O/c1-17-15(19-13-6-2-3-7-13)18-9-10-20-14-8-4-5-12(16)11-14/h2-5,8,11,13H,6-7,9-10H2,1H3,(H2,17,18,19). The molecule has 0 spiro atoms. The molecule has 4 nitrogen and oxygen atoms in total. The quantitative estimate of drug-likeness (QED) is 0.376. The summed E-state index contributed by atoms with van der Waals surface area (Å²) >= 11 is 3.42. The van der Waals surface area contributed by atoms with Gasteiger partial charge in [-0.1, -0.05) is 34.1 Å². The van der Waals surface area contributed by atoms with Gasteiger partial charge in [-0.3, -0.25) is 4.99 Å². The predicted molar refractivity (Wildman–Crippen MR) is 86.3 cm³/mol. The van der Waals surface area contributed by atoms with Crippen molar-refractivity contribution >= 4 is 21.9 Å². The highest BCUT2D eigenvalue weighted by atomic mass is 79.9. The normalized spacial score (nSPS) is 15.4. The molecule has 0 saturated carbocycles. The highest BCUT2D eigenvalue weighted by Gasteiger charge is 2.11. The minimum Gasteiger partial charge on any atom is -0.492 e. The van der Waals surface area contributed by atoms with Gasteiger partial charge < -0.3 is 15.4 Å². The van der Waals surface area contributed by atoms with Crippen molar-refractivity contribution in [3.63, 3.8) is 0 Å².